The minimum atomic E-state index is -0.256. The quantitative estimate of drug-likeness (QED) is 0.509. The van der Waals surface area contributed by atoms with Gasteiger partial charge in [-0.15, -0.1) is 11.6 Å². The fourth-order valence-electron chi connectivity index (χ4n) is 0.851. The lowest BCUT2D eigenvalue weighted by atomic mass is 10.0. The maximum absolute atomic E-state index is 5.82. The number of alkyl halides is 1. The molecule has 49 valence electrons. The van der Waals surface area contributed by atoms with Crippen molar-refractivity contribution in [2.45, 2.75) is 32.1 Å². The average Bonchev–Trinajstić information content (AvgIpc) is 1.21. The van der Waals surface area contributed by atoms with Gasteiger partial charge in [0, 0.05) is 4.87 Å². The first-order chi connectivity index (χ1) is 3.42. The van der Waals surface area contributed by atoms with Gasteiger partial charge >= 0.3 is 0 Å². The topological polar surface area (TPSA) is 0 Å². The second-order valence-corrected chi connectivity index (χ2v) is 3.92. The molecule has 0 amide bonds. The summed E-state index contributed by atoms with van der Waals surface area (Å²) in [6, 6.07) is 0. The van der Waals surface area contributed by atoms with Gasteiger partial charge in [0.1, 0.15) is 0 Å². The fourth-order valence-corrected chi connectivity index (χ4v) is 1.16. The van der Waals surface area contributed by atoms with Crippen LogP contribution in [-0.4, -0.2) is 4.87 Å². The summed E-state index contributed by atoms with van der Waals surface area (Å²) in [4.78, 5) is -0.256. The standard InChI is InChI=1S/C7H14Cl/c1-6(2)5-7(3,4)8/h6H,3,5H2,1-2,4H3. The van der Waals surface area contributed by atoms with Crippen molar-refractivity contribution in [3.8, 4) is 0 Å². The number of hydrogen-bond acceptors (Lipinski definition) is 0. The molecule has 0 fully saturated rings. The first-order valence-corrected chi connectivity index (χ1v) is 3.34. The number of rotatable bonds is 2. The molecule has 0 rings (SSSR count). The van der Waals surface area contributed by atoms with E-state index in [9.17, 15) is 0 Å². The van der Waals surface area contributed by atoms with Crippen molar-refractivity contribution in [2.75, 3.05) is 0 Å². The zero-order valence-electron chi connectivity index (χ0n) is 5.87. The molecule has 0 spiro atoms. The van der Waals surface area contributed by atoms with E-state index >= 15 is 0 Å². The van der Waals surface area contributed by atoms with Crippen molar-refractivity contribution in [3.63, 3.8) is 0 Å². The molecule has 1 atom stereocenters. The fraction of sp³-hybridized carbons (Fsp3) is 0.857. The molecular formula is C7H14Cl. The lowest BCUT2D eigenvalue weighted by Crippen LogP contribution is -2.13. The summed E-state index contributed by atoms with van der Waals surface area (Å²) in [7, 11) is 0. The Bertz CT molecular complexity index is 59.3. The average molecular weight is 134 g/mol. The van der Waals surface area contributed by atoms with Crippen molar-refractivity contribution in [3.05, 3.63) is 6.92 Å². The first-order valence-electron chi connectivity index (χ1n) is 2.96. The molecule has 0 aromatic carbocycles. The highest BCUT2D eigenvalue weighted by Gasteiger charge is 2.14. The molecule has 0 aromatic heterocycles. The summed E-state index contributed by atoms with van der Waals surface area (Å²) in [5.41, 5.74) is 0. The van der Waals surface area contributed by atoms with E-state index in [1.165, 1.54) is 0 Å². The van der Waals surface area contributed by atoms with E-state index in [1.807, 2.05) is 6.92 Å². The summed E-state index contributed by atoms with van der Waals surface area (Å²) >= 11 is 5.82. The molecule has 0 bridgehead atoms. The Morgan fingerprint density at radius 3 is 2.00 bits per heavy atom. The normalized spacial score (nSPS) is 12.8. The van der Waals surface area contributed by atoms with Crippen LogP contribution in [0.4, 0.5) is 0 Å². The van der Waals surface area contributed by atoms with Crippen LogP contribution < -0.4 is 0 Å². The molecule has 0 N–H and O–H groups in total. The van der Waals surface area contributed by atoms with Crippen molar-refractivity contribution < 1.29 is 0 Å². The van der Waals surface area contributed by atoms with Crippen LogP contribution in [0, 0.1) is 12.8 Å². The highest BCUT2D eigenvalue weighted by Crippen LogP contribution is 2.21. The molecule has 8 heavy (non-hydrogen) atoms. The van der Waals surface area contributed by atoms with Gasteiger partial charge < -0.3 is 0 Å². The van der Waals surface area contributed by atoms with Gasteiger partial charge in [-0.3, -0.25) is 0 Å². The molecule has 1 radical (unpaired) electrons. The van der Waals surface area contributed by atoms with Gasteiger partial charge in [0.2, 0.25) is 0 Å². The predicted molar refractivity (Wildman–Crippen MR) is 39.1 cm³/mol. The van der Waals surface area contributed by atoms with Crippen molar-refractivity contribution >= 4 is 11.6 Å². The van der Waals surface area contributed by atoms with Gasteiger partial charge in [0.05, 0.1) is 0 Å². The number of halogens is 1. The van der Waals surface area contributed by atoms with Gasteiger partial charge in [-0.05, 0) is 26.2 Å². The molecule has 0 aliphatic rings. The molecule has 0 aliphatic carbocycles. The van der Waals surface area contributed by atoms with Gasteiger partial charge in [0.25, 0.3) is 0 Å². The largest absolute Gasteiger partial charge is 0.120 e. The van der Waals surface area contributed by atoms with E-state index < -0.39 is 0 Å². The van der Waals surface area contributed by atoms with Gasteiger partial charge in [0.15, 0.2) is 0 Å². The second-order valence-electron chi connectivity index (χ2n) is 3.01. The smallest absolute Gasteiger partial charge is 0.0421 e. The third kappa shape index (κ3) is 6.29. The van der Waals surface area contributed by atoms with E-state index in [0.717, 1.165) is 6.42 Å². The lowest BCUT2D eigenvalue weighted by Gasteiger charge is -2.17. The molecule has 0 saturated heterocycles. The van der Waals surface area contributed by atoms with Crippen molar-refractivity contribution in [1.29, 1.82) is 0 Å². The van der Waals surface area contributed by atoms with E-state index in [2.05, 4.69) is 20.8 Å². The minimum absolute atomic E-state index is 0.256. The monoisotopic (exact) mass is 133 g/mol. The van der Waals surface area contributed by atoms with Crippen LogP contribution in [0.5, 0.6) is 0 Å². The summed E-state index contributed by atoms with van der Waals surface area (Å²) in [5, 5.41) is 0. The SMILES string of the molecule is [CH2]C(C)(Cl)CC(C)C. The molecule has 0 saturated carbocycles. The Morgan fingerprint density at radius 2 is 2.00 bits per heavy atom. The summed E-state index contributed by atoms with van der Waals surface area (Å²) in [6.45, 7) is 10.0. The maximum Gasteiger partial charge on any atom is 0.0421 e. The molecule has 1 unspecified atom stereocenters. The Balaban J connectivity index is 3.39. The Morgan fingerprint density at radius 1 is 1.62 bits per heavy atom. The Labute approximate surface area is 57.2 Å². The highest BCUT2D eigenvalue weighted by molar-refractivity contribution is 6.24. The molecule has 0 aromatic rings. The van der Waals surface area contributed by atoms with Crippen LogP contribution >= 0.6 is 11.6 Å². The molecular weight excluding hydrogens is 120 g/mol. The van der Waals surface area contributed by atoms with Crippen molar-refractivity contribution in [2.24, 2.45) is 5.92 Å². The first kappa shape index (κ1) is 8.29. The van der Waals surface area contributed by atoms with Crippen LogP contribution in [0.1, 0.15) is 27.2 Å². The molecule has 0 nitrogen and oxygen atoms in total. The van der Waals surface area contributed by atoms with Crippen LogP contribution in [0.15, 0.2) is 0 Å². The van der Waals surface area contributed by atoms with Gasteiger partial charge in [-0.2, -0.15) is 0 Å². The van der Waals surface area contributed by atoms with E-state index in [1.54, 1.807) is 0 Å². The zero-order valence-corrected chi connectivity index (χ0v) is 6.63. The van der Waals surface area contributed by atoms with Crippen LogP contribution in [0.25, 0.3) is 0 Å². The summed E-state index contributed by atoms with van der Waals surface area (Å²) in [5.74, 6) is 0.648. The second kappa shape index (κ2) is 2.72. The third-order valence-corrected chi connectivity index (χ3v) is 0.988. The zero-order chi connectivity index (χ0) is 6.78. The van der Waals surface area contributed by atoms with Gasteiger partial charge in [-0.1, -0.05) is 13.8 Å². The van der Waals surface area contributed by atoms with Crippen LogP contribution in [0.2, 0.25) is 0 Å². The Hall–Kier alpha value is 0.290. The predicted octanol–water partition coefficient (Wildman–Crippen LogP) is 2.86. The van der Waals surface area contributed by atoms with E-state index in [4.69, 9.17) is 11.6 Å². The lowest BCUT2D eigenvalue weighted by molar-refractivity contribution is 0.524. The third-order valence-electron chi connectivity index (χ3n) is 0.834. The highest BCUT2D eigenvalue weighted by atomic mass is 35.5. The van der Waals surface area contributed by atoms with Gasteiger partial charge in [-0.25, -0.2) is 0 Å². The van der Waals surface area contributed by atoms with Crippen LogP contribution in [0.3, 0.4) is 0 Å². The van der Waals surface area contributed by atoms with E-state index in [0.29, 0.717) is 5.92 Å². The van der Waals surface area contributed by atoms with Crippen LogP contribution in [-0.2, 0) is 0 Å². The number of hydrogen-bond donors (Lipinski definition) is 0. The van der Waals surface area contributed by atoms with E-state index in [-0.39, 0.29) is 4.87 Å². The Kier molecular flexibility index (Phi) is 2.82. The maximum atomic E-state index is 5.82. The molecule has 1 heteroatoms. The summed E-state index contributed by atoms with van der Waals surface area (Å²) in [6.07, 6.45) is 0.981. The summed E-state index contributed by atoms with van der Waals surface area (Å²) < 4.78 is 0. The minimum Gasteiger partial charge on any atom is -0.120 e. The van der Waals surface area contributed by atoms with Crippen molar-refractivity contribution in [1.82, 2.24) is 0 Å². The molecule has 0 aliphatic heterocycles. The molecule has 0 heterocycles.